The van der Waals surface area contributed by atoms with Crippen LogP contribution in [0.3, 0.4) is 0 Å². The van der Waals surface area contributed by atoms with Gasteiger partial charge in [0.25, 0.3) is 5.88 Å². The zero-order valence-electron chi connectivity index (χ0n) is 47.2. The maximum atomic E-state index is 17.1. The molecule has 11 rings (SSSR count). The molecular formula is C61H71FN10O9S. The summed E-state index contributed by atoms with van der Waals surface area (Å²) < 4.78 is 41.1. The molecule has 0 aliphatic carbocycles. The van der Waals surface area contributed by atoms with E-state index in [1.165, 1.54) is 4.90 Å². The van der Waals surface area contributed by atoms with Gasteiger partial charge in [-0.15, -0.1) is 11.3 Å². The van der Waals surface area contributed by atoms with Crippen molar-refractivity contribution in [2.45, 2.75) is 128 Å². The Morgan fingerprint density at radius 1 is 0.939 bits per heavy atom. The summed E-state index contributed by atoms with van der Waals surface area (Å²) in [4.78, 5) is 68.4. The van der Waals surface area contributed by atoms with Gasteiger partial charge in [0, 0.05) is 56.0 Å². The molecule has 4 saturated heterocycles. The fourth-order valence-electron chi connectivity index (χ4n) is 12.1. The molecule has 21 heteroatoms. The summed E-state index contributed by atoms with van der Waals surface area (Å²) in [5.74, 6) is -1.35. The van der Waals surface area contributed by atoms with E-state index in [0.29, 0.717) is 23.2 Å². The molecule has 432 valence electrons. The summed E-state index contributed by atoms with van der Waals surface area (Å²) in [6.07, 6.45) is 6.41. The second-order valence-corrected chi connectivity index (χ2v) is 23.5. The SMILES string of the molecule is CCc1cccc2cc(O)cc(-c3ncc4c(N5CCCCCC5)nc(OC[C@@H]5CCC(COC(=O)N6CC(Oc7cc([C@H](C(=O)N8C[C@H](O)C[C@H]8C(=O)N[C@@H](C)c8ccc(-c9scnc9C)cc8)C(C)C)on7)C6)N5C)nc4c3F)c12. The van der Waals surface area contributed by atoms with Gasteiger partial charge in [-0.05, 0) is 104 Å². The van der Waals surface area contributed by atoms with Gasteiger partial charge in [0.05, 0.1) is 46.7 Å². The number of halogens is 1. The van der Waals surface area contributed by atoms with E-state index >= 15 is 4.39 Å². The number of nitrogens with zero attached hydrogens (tertiary/aromatic N) is 9. The zero-order valence-corrected chi connectivity index (χ0v) is 48.0. The molecule has 82 heavy (non-hydrogen) atoms. The van der Waals surface area contributed by atoms with Crippen molar-refractivity contribution in [1.29, 1.82) is 0 Å². The molecule has 3 amide bonds. The van der Waals surface area contributed by atoms with Crippen molar-refractivity contribution in [1.82, 2.24) is 45.1 Å². The number of anilines is 1. The molecule has 3 aromatic carbocycles. The van der Waals surface area contributed by atoms with Gasteiger partial charge in [-0.3, -0.25) is 19.5 Å². The van der Waals surface area contributed by atoms with E-state index in [1.54, 1.807) is 40.6 Å². The summed E-state index contributed by atoms with van der Waals surface area (Å²) in [6.45, 7) is 12.1. The Morgan fingerprint density at radius 2 is 1.70 bits per heavy atom. The standard InChI is InChI=1S/C61H71FN10O9S/c1-7-37-13-12-14-40-23-43(73)24-46(52(37)40)54-53(62)55-47(27-63-54)57(70-21-10-8-9-11-22-70)67-60(66-55)78-31-41-19-20-42(69(41)6)32-79-61(77)71-29-45(30-71)80-50-26-49(81-68-50)51(34(2)3)59(76)72-28-44(74)25-48(72)58(75)65-35(4)38-15-17-39(18-16-38)56-36(5)64-33-82-56/h12-18,23-24,26-27,33-35,41-42,44-45,48,51,73-74H,7-11,19-22,25,28-32H2,1-6H3,(H,65,75)/t35-,41-,42?,44+,48-,51+/m0/s1. The summed E-state index contributed by atoms with van der Waals surface area (Å²) >= 11 is 1.57. The number of carbonyl (C=O) groups is 3. The van der Waals surface area contributed by atoms with Crippen LogP contribution < -0.4 is 19.7 Å². The number of aromatic hydroxyl groups is 1. The van der Waals surface area contributed by atoms with Crippen molar-refractivity contribution in [2.24, 2.45) is 5.92 Å². The summed E-state index contributed by atoms with van der Waals surface area (Å²) in [7, 11) is 1.97. The van der Waals surface area contributed by atoms with Crippen LogP contribution in [-0.2, 0) is 20.7 Å². The van der Waals surface area contributed by atoms with Crippen LogP contribution in [0.1, 0.15) is 107 Å². The number of nitrogens with one attached hydrogen (secondary N) is 1. The number of thiazole rings is 1. The molecule has 4 aliphatic rings. The number of phenolic OH excluding ortho intramolecular Hbond substituents is 1. The van der Waals surface area contributed by atoms with Gasteiger partial charge < -0.3 is 49.0 Å². The van der Waals surface area contributed by atoms with Crippen LogP contribution in [0.2, 0.25) is 0 Å². The molecule has 19 nitrogen and oxygen atoms in total. The molecule has 6 atom stereocenters. The third-order valence-corrected chi connectivity index (χ3v) is 17.8. The molecule has 0 spiro atoms. The number of β-amino-alcohol motifs (C(OH)–C–C–N with tert-alkyl or cyclic N) is 1. The Morgan fingerprint density at radius 3 is 2.41 bits per heavy atom. The number of aryl methyl sites for hydroxylation is 2. The van der Waals surface area contributed by atoms with Crippen molar-refractivity contribution >= 4 is 56.7 Å². The van der Waals surface area contributed by atoms with Gasteiger partial charge in [-0.1, -0.05) is 76.1 Å². The number of ether oxygens (including phenoxy) is 3. The number of hydrogen-bond acceptors (Lipinski definition) is 17. The fourth-order valence-corrected chi connectivity index (χ4v) is 12.9. The average molecular weight is 1140 g/mol. The second-order valence-electron chi connectivity index (χ2n) is 22.7. The molecular weight excluding hydrogens is 1070 g/mol. The fraction of sp³-hybridized carbons (Fsp3) is 0.475. The first-order valence-corrected chi connectivity index (χ1v) is 29.5. The molecule has 0 radical (unpaired) electrons. The first-order valence-electron chi connectivity index (χ1n) is 28.7. The smallest absolute Gasteiger partial charge is 0.410 e. The Balaban J connectivity index is 0.676. The minimum Gasteiger partial charge on any atom is -0.508 e. The second kappa shape index (κ2) is 24.1. The number of hydrogen-bond donors (Lipinski definition) is 3. The highest BCUT2D eigenvalue weighted by Crippen LogP contribution is 2.40. The molecule has 0 saturated carbocycles. The maximum absolute atomic E-state index is 17.1. The third kappa shape index (κ3) is 11.6. The number of fused-ring (bicyclic) bond motifs is 2. The number of aliphatic hydroxyl groups excluding tert-OH is 1. The minimum absolute atomic E-state index is 0.00155. The number of likely N-dealkylation sites (N-methyl/N-ethyl adjacent to an activating group) is 1. The van der Waals surface area contributed by atoms with E-state index in [0.717, 1.165) is 89.6 Å². The van der Waals surface area contributed by atoms with Crippen molar-refractivity contribution in [3.8, 4) is 39.3 Å². The monoisotopic (exact) mass is 1140 g/mol. The van der Waals surface area contributed by atoms with Crippen molar-refractivity contribution in [3.63, 3.8) is 0 Å². The quantitative estimate of drug-likeness (QED) is 0.0773. The summed E-state index contributed by atoms with van der Waals surface area (Å²) in [5, 5.41) is 30.8. The Labute approximate surface area is 479 Å². The number of rotatable bonds is 17. The molecule has 0 bridgehead atoms. The van der Waals surface area contributed by atoms with Gasteiger partial charge in [0.15, 0.2) is 11.6 Å². The number of aromatic nitrogens is 5. The third-order valence-electron chi connectivity index (χ3n) is 16.8. The van der Waals surface area contributed by atoms with E-state index in [-0.39, 0.29) is 116 Å². The highest BCUT2D eigenvalue weighted by atomic mass is 32.1. The lowest BCUT2D eigenvalue weighted by Crippen LogP contribution is -2.56. The molecule has 1 unspecified atom stereocenters. The van der Waals surface area contributed by atoms with Crippen LogP contribution in [0.5, 0.6) is 17.6 Å². The van der Waals surface area contributed by atoms with Crippen LogP contribution in [0, 0.1) is 18.7 Å². The molecule has 4 fully saturated rings. The lowest BCUT2D eigenvalue weighted by Gasteiger charge is -2.37. The topological polar surface area (TPSA) is 222 Å². The Bertz CT molecular complexity index is 3450. The maximum Gasteiger partial charge on any atom is 0.410 e. The predicted molar refractivity (Wildman–Crippen MR) is 308 cm³/mol. The highest BCUT2D eigenvalue weighted by Gasteiger charge is 2.44. The van der Waals surface area contributed by atoms with Crippen molar-refractivity contribution < 1.29 is 47.7 Å². The summed E-state index contributed by atoms with van der Waals surface area (Å²) in [6, 6.07) is 17.3. The van der Waals surface area contributed by atoms with Crippen molar-refractivity contribution in [2.75, 3.05) is 57.9 Å². The van der Waals surface area contributed by atoms with Crippen LogP contribution in [0.15, 0.2) is 76.9 Å². The summed E-state index contributed by atoms with van der Waals surface area (Å²) in [5.41, 5.74) is 6.43. The number of aliphatic hydroxyl groups is 1. The van der Waals surface area contributed by atoms with E-state index in [4.69, 9.17) is 28.7 Å². The van der Waals surface area contributed by atoms with Crippen molar-refractivity contribution in [3.05, 3.63) is 101 Å². The van der Waals surface area contributed by atoms with Gasteiger partial charge in [0.2, 0.25) is 11.8 Å². The van der Waals surface area contributed by atoms with Gasteiger partial charge in [-0.25, -0.2) is 14.2 Å². The van der Waals surface area contributed by atoms with E-state index in [2.05, 4.69) is 30.2 Å². The predicted octanol–water partition coefficient (Wildman–Crippen LogP) is 9.37. The lowest BCUT2D eigenvalue weighted by molar-refractivity contribution is -0.141. The first-order chi connectivity index (χ1) is 39.6. The number of benzene rings is 3. The largest absolute Gasteiger partial charge is 0.508 e. The van der Waals surface area contributed by atoms with E-state index in [1.807, 2.05) is 89.6 Å². The van der Waals surface area contributed by atoms with Gasteiger partial charge in [0.1, 0.15) is 54.1 Å². The van der Waals surface area contributed by atoms with Crippen LogP contribution >= 0.6 is 11.3 Å². The average Bonchev–Trinajstić information content (AvgIpc) is 3.57. The van der Waals surface area contributed by atoms with E-state index in [9.17, 15) is 24.6 Å². The van der Waals surface area contributed by atoms with Gasteiger partial charge in [-0.2, -0.15) is 9.97 Å². The highest BCUT2D eigenvalue weighted by molar-refractivity contribution is 7.13. The molecule has 4 aliphatic heterocycles. The zero-order chi connectivity index (χ0) is 57.3. The Kier molecular flexibility index (Phi) is 16.6. The van der Waals surface area contributed by atoms with E-state index < -0.39 is 30.0 Å². The minimum atomic E-state index is -0.884. The lowest BCUT2D eigenvalue weighted by atomic mass is 9.91. The van der Waals surface area contributed by atoms with Crippen LogP contribution in [0.4, 0.5) is 15.0 Å². The van der Waals surface area contributed by atoms with Crippen LogP contribution in [0.25, 0.3) is 43.4 Å². The number of amides is 3. The van der Waals surface area contributed by atoms with Gasteiger partial charge >= 0.3 is 12.1 Å². The molecule has 8 heterocycles. The number of likely N-dealkylation sites (tertiary alicyclic amines) is 3. The number of phenols is 1. The molecule has 3 N–H and O–H groups in total. The normalized spacial score (nSPS) is 20.5. The Hall–Kier alpha value is -7.49. The number of pyridine rings is 1. The number of carbonyl (C=O) groups excluding carboxylic acids is 3. The molecule has 4 aromatic heterocycles. The molecule has 7 aromatic rings. The first kappa shape index (κ1) is 56.4. The van der Waals surface area contributed by atoms with Crippen LogP contribution in [-0.4, -0.2) is 151 Å².